The molecule has 4 nitrogen and oxygen atoms in total. The van der Waals surface area contributed by atoms with Gasteiger partial charge in [-0.2, -0.15) is 0 Å². The lowest BCUT2D eigenvalue weighted by Gasteiger charge is -2.24. The predicted molar refractivity (Wildman–Crippen MR) is 76.6 cm³/mol. The van der Waals surface area contributed by atoms with Crippen LogP contribution in [-0.2, 0) is 9.53 Å². The number of para-hydroxylation sites is 1. The number of carboxylic acid groups (broad SMARTS) is 1. The monoisotopic (exact) mass is 265 g/mol. The van der Waals surface area contributed by atoms with Gasteiger partial charge in [-0.3, -0.25) is 4.79 Å². The van der Waals surface area contributed by atoms with Crippen LogP contribution in [0.2, 0.25) is 0 Å². The maximum atomic E-state index is 10.7. The van der Waals surface area contributed by atoms with Gasteiger partial charge in [0.25, 0.3) is 0 Å². The van der Waals surface area contributed by atoms with Gasteiger partial charge in [0.2, 0.25) is 0 Å². The Hall–Kier alpha value is -1.55. The van der Waals surface area contributed by atoms with Gasteiger partial charge in [-0.25, -0.2) is 0 Å². The molecule has 0 amide bonds. The molecule has 0 aliphatic heterocycles. The third-order valence-corrected chi connectivity index (χ3v) is 2.67. The van der Waals surface area contributed by atoms with Crippen LogP contribution in [0.4, 0.5) is 5.69 Å². The normalized spacial score (nSPS) is 10.7. The molecule has 0 atom stereocenters. The number of ether oxygens (including phenoxy) is 1. The van der Waals surface area contributed by atoms with Crippen molar-refractivity contribution in [1.82, 2.24) is 0 Å². The Labute approximate surface area is 115 Å². The minimum atomic E-state index is -0.774. The van der Waals surface area contributed by atoms with Crippen LogP contribution in [0, 0.1) is 5.92 Å². The first-order chi connectivity index (χ1) is 9.09. The number of carbonyl (C=O) groups is 1. The molecule has 0 fully saturated rings. The third-order valence-electron chi connectivity index (χ3n) is 2.67. The number of rotatable bonds is 9. The highest BCUT2D eigenvalue weighted by Gasteiger charge is 2.08. The maximum Gasteiger partial charge on any atom is 0.305 e. The van der Waals surface area contributed by atoms with Crippen molar-refractivity contribution in [2.75, 3.05) is 31.2 Å². The number of anilines is 1. The van der Waals surface area contributed by atoms with Crippen LogP contribution in [0.3, 0.4) is 0 Å². The summed E-state index contributed by atoms with van der Waals surface area (Å²) in [5, 5.41) is 8.80. The van der Waals surface area contributed by atoms with Crippen LogP contribution in [0.15, 0.2) is 30.3 Å². The first-order valence-corrected chi connectivity index (χ1v) is 6.69. The first kappa shape index (κ1) is 15.5. The van der Waals surface area contributed by atoms with Crippen LogP contribution >= 0.6 is 0 Å². The fourth-order valence-electron chi connectivity index (χ4n) is 1.73. The lowest BCUT2D eigenvalue weighted by atomic mass is 10.2. The van der Waals surface area contributed by atoms with Crippen molar-refractivity contribution in [3.8, 4) is 0 Å². The van der Waals surface area contributed by atoms with Crippen LogP contribution in [0.1, 0.15) is 20.3 Å². The standard InChI is InChI=1S/C15H23NO3/c1-13(2)12-19-11-10-16(9-8-15(17)18)14-6-4-3-5-7-14/h3-7,13H,8-12H2,1-2H3,(H,17,18). The summed E-state index contributed by atoms with van der Waals surface area (Å²) in [5.74, 6) is -0.256. The van der Waals surface area contributed by atoms with E-state index in [0.29, 0.717) is 25.6 Å². The van der Waals surface area contributed by atoms with Crippen molar-refractivity contribution < 1.29 is 14.6 Å². The highest BCUT2D eigenvalue weighted by Crippen LogP contribution is 2.13. The van der Waals surface area contributed by atoms with Gasteiger partial charge in [0, 0.05) is 25.4 Å². The number of hydrogen-bond donors (Lipinski definition) is 1. The lowest BCUT2D eigenvalue weighted by molar-refractivity contribution is -0.136. The zero-order valence-electron chi connectivity index (χ0n) is 11.7. The minimum Gasteiger partial charge on any atom is -0.481 e. The molecule has 0 heterocycles. The second-order valence-corrected chi connectivity index (χ2v) is 4.94. The summed E-state index contributed by atoms with van der Waals surface area (Å²) in [6, 6.07) is 9.85. The predicted octanol–water partition coefficient (Wildman–Crippen LogP) is 2.64. The lowest BCUT2D eigenvalue weighted by Crippen LogP contribution is -2.30. The molecule has 1 aromatic carbocycles. The SMILES string of the molecule is CC(C)COCCN(CCC(=O)O)c1ccccc1. The molecule has 0 aliphatic carbocycles. The highest BCUT2D eigenvalue weighted by molar-refractivity contribution is 5.67. The topological polar surface area (TPSA) is 49.8 Å². The number of aliphatic carboxylic acids is 1. The molecular weight excluding hydrogens is 242 g/mol. The number of carboxylic acids is 1. The van der Waals surface area contributed by atoms with E-state index in [1.165, 1.54) is 0 Å². The second-order valence-electron chi connectivity index (χ2n) is 4.94. The molecule has 0 saturated heterocycles. The third kappa shape index (κ3) is 6.82. The molecule has 0 spiro atoms. The van der Waals surface area contributed by atoms with E-state index in [9.17, 15) is 4.79 Å². The summed E-state index contributed by atoms with van der Waals surface area (Å²) in [4.78, 5) is 12.7. The van der Waals surface area contributed by atoms with Gasteiger partial charge >= 0.3 is 5.97 Å². The highest BCUT2D eigenvalue weighted by atomic mass is 16.5. The van der Waals surface area contributed by atoms with E-state index in [0.717, 1.165) is 12.3 Å². The fraction of sp³-hybridized carbons (Fsp3) is 0.533. The van der Waals surface area contributed by atoms with E-state index >= 15 is 0 Å². The van der Waals surface area contributed by atoms with E-state index in [1.807, 2.05) is 30.3 Å². The van der Waals surface area contributed by atoms with Crippen molar-refractivity contribution in [1.29, 1.82) is 0 Å². The molecule has 1 aromatic rings. The zero-order valence-corrected chi connectivity index (χ0v) is 11.7. The van der Waals surface area contributed by atoms with Crippen molar-refractivity contribution in [2.45, 2.75) is 20.3 Å². The van der Waals surface area contributed by atoms with Crippen molar-refractivity contribution in [2.24, 2.45) is 5.92 Å². The number of benzene rings is 1. The fourth-order valence-corrected chi connectivity index (χ4v) is 1.73. The molecule has 1 rings (SSSR count). The molecule has 19 heavy (non-hydrogen) atoms. The Morgan fingerprint density at radius 1 is 1.26 bits per heavy atom. The first-order valence-electron chi connectivity index (χ1n) is 6.69. The molecule has 0 saturated carbocycles. The van der Waals surface area contributed by atoms with Gasteiger partial charge in [-0.1, -0.05) is 32.0 Å². The summed E-state index contributed by atoms with van der Waals surface area (Å²) >= 11 is 0. The van der Waals surface area contributed by atoms with Crippen LogP contribution in [-0.4, -0.2) is 37.4 Å². The second kappa shape index (κ2) is 8.53. The molecule has 4 heteroatoms. The van der Waals surface area contributed by atoms with E-state index in [1.54, 1.807) is 0 Å². The summed E-state index contributed by atoms with van der Waals surface area (Å²) in [7, 11) is 0. The van der Waals surface area contributed by atoms with E-state index in [4.69, 9.17) is 9.84 Å². The van der Waals surface area contributed by atoms with Gasteiger partial charge < -0.3 is 14.7 Å². The van der Waals surface area contributed by atoms with Crippen LogP contribution < -0.4 is 4.90 Å². The summed E-state index contributed by atoms with van der Waals surface area (Å²) in [6.45, 7) is 6.79. The van der Waals surface area contributed by atoms with Gasteiger partial charge in [0.15, 0.2) is 0 Å². The average molecular weight is 265 g/mol. The maximum absolute atomic E-state index is 10.7. The molecular formula is C15H23NO3. The van der Waals surface area contributed by atoms with Gasteiger partial charge in [-0.05, 0) is 18.1 Å². The van der Waals surface area contributed by atoms with Crippen molar-refractivity contribution in [3.63, 3.8) is 0 Å². The van der Waals surface area contributed by atoms with E-state index in [2.05, 4.69) is 18.7 Å². The summed E-state index contributed by atoms with van der Waals surface area (Å²) in [6.07, 6.45) is 0.138. The smallest absolute Gasteiger partial charge is 0.305 e. The molecule has 0 unspecified atom stereocenters. The molecule has 106 valence electrons. The Kier molecular flexibility index (Phi) is 6.97. The largest absolute Gasteiger partial charge is 0.481 e. The average Bonchev–Trinajstić information content (AvgIpc) is 2.38. The van der Waals surface area contributed by atoms with E-state index < -0.39 is 5.97 Å². The Bertz CT molecular complexity index is 365. The summed E-state index contributed by atoms with van der Waals surface area (Å²) < 4.78 is 5.56. The van der Waals surface area contributed by atoms with Gasteiger partial charge in [0.05, 0.1) is 13.0 Å². The molecule has 0 radical (unpaired) electrons. The molecule has 0 bridgehead atoms. The zero-order chi connectivity index (χ0) is 14.1. The van der Waals surface area contributed by atoms with Crippen LogP contribution in [0.25, 0.3) is 0 Å². The Balaban J connectivity index is 2.47. The van der Waals surface area contributed by atoms with Gasteiger partial charge in [-0.15, -0.1) is 0 Å². The molecule has 0 aliphatic rings. The Morgan fingerprint density at radius 2 is 1.95 bits per heavy atom. The summed E-state index contributed by atoms with van der Waals surface area (Å²) in [5.41, 5.74) is 1.04. The quantitative estimate of drug-likeness (QED) is 0.697. The van der Waals surface area contributed by atoms with Crippen molar-refractivity contribution in [3.05, 3.63) is 30.3 Å². The van der Waals surface area contributed by atoms with Crippen molar-refractivity contribution >= 4 is 11.7 Å². The van der Waals surface area contributed by atoms with Gasteiger partial charge in [0.1, 0.15) is 0 Å². The van der Waals surface area contributed by atoms with E-state index in [-0.39, 0.29) is 6.42 Å². The Morgan fingerprint density at radius 3 is 2.53 bits per heavy atom. The molecule has 1 N–H and O–H groups in total. The number of nitrogens with zero attached hydrogens (tertiary/aromatic N) is 1. The minimum absolute atomic E-state index is 0.138. The molecule has 0 aromatic heterocycles. The number of hydrogen-bond acceptors (Lipinski definition) is 3. The van der Waals surface area contributed by atoms with Crippen LogP contribution in [0.5, 0.6) is 0 Å².